The van der Waals surface area contributed by atoms with Gasteiger partial charge in [0.15, 0.2) is 0 Å². The summed E-state index contributed by atoms with van der Waals surface area (Å²) in [6, 6.07) is 2.23. The van der Waals surface area contributed by atoms with Crippen LogP contribution in [0.15, 0.2) is 16.8 Å². The zero-order chi connectivity index (χ0) is 10.6. The van der Waals surface area contributed by atoms with Crippen molar-refractivity contribution in [3.8, 4) is 0 Å². The van der Waals surface area contributed by atoms with Gasteiger partial charge in [-0.3, -0.25) is 0 Å². The Bertz CT molecular complexity index is 246. The van der Waals surface area contributed by atoms with Crippen molar-refractivity contribution in [3.63, 3.8) is 0 Å². The summed E-state index contributed by atoms with van der Waals surface area (Å²) >= 11 is 1.79. The van der Waals surface area contributed by atoms with Crippen LogP contribution in [0.5, 0.6) is 0 Å². The van der Waals surface area contributed by atoms with Crippen molar-refractivity contribution in [2.45, 2.75) is 45.6 Å². The fourth-order valence-electron chi connectivity index (χ4n) is 1.39. The maximum absolute atomic E-state index is 3.52. The Morgan fingerprint density at radius 2 is 2.14 bits per heavy atom. The molecule has 1 aromatic heterocycles. The maximum atomic E-state index is 3.52. The molecule has 2 heteroatoms. The Labute approximate surface area is 91.5 Å². The van der Waals surface area contributed by atoms with Crippen molar-refractivity contribution in [1.29, 1.82) is 0 Å². The van der Waals surface area contributed by atoms with Gasteiger partial charge in [0, 0.05) is 5.54 Å². The topological polar surface area (TPSA) is 12.0 Å². The third-order valence-corrected chi connectivity index (χ3v) is 3.05. The van der Waals surface area contributed by atoms with Crippen LogP contribution < -0.4 is 5.32 Å². The zero-order valence-electron chi connectivity index (χ0n) is 9.63. The van der Waals surface area contributed by atoms with Gasteiger partial charge in [-0.2, -0.15) is 11.3 Å². The minimum absolute atomic E-state index is 0.244. The number of hydrogen-bond donors (Lipinski definition) is 1. The fourth-order valence-corrected chi connectivity index (χ4v) is 2.17. The van der Waals surface area contributed by atoms with E-state index >= 15 is 0 Å². The van der Waals surface area contributed by atoms with E-state index < -0.39 is 0 Å². The minimum atomic E-state index is 0.244. The molecule has 0 aromatic carbocycles. The standard InChI is InChI=1S/C12H21NS/c1-10(11-6-8-14-9-11)5-7-13-12(2,3)4/h6,8-10,13H,5,7H2,1-4H3. The first-order valence-electron chi connectivity index (χ1n) is 5.26. The minimum Gasteiger partial charge on any atom is -0.312 e. The first kappa shape index (κ1) is 11.7. The molecule has 0 aliphatic rings. The molecule has 0 aliphatic carbocycles. The van der Waals surface area contributed by atoms with Crippen molar-refractivity contribution in [2.75, 3.05) is 6.54 Å². The molecular formula is C12H21NS. The van der Waals surface area contributed by atoms with Crippen LogP contribution in [0.1, 0.15) is 45.6 Å². The molecule has 0 radical (unpaired) electrons. The quantitative estimate of drug-likeness (QED) is 0.802. The van der Waals surface area contributed by atoms with Gasteiger partial charge < -0.3 is 5.32 Å². The van der Waals surface area contributed by atoms with E-state index in [1.165, 1.54) is 12.0 Å². The molecule has 0 amide bonds. The van der Waals surface area contributed by atoms with E-state index in [1.54, 1.807) is 11.3 Å². The van der Waals surface area contributed by atoms with Crippen molar-refractivity contribution in [3.05, 3.63) is 22.4 Å². The normalized spacial score (nSPS) is 14.3. The summed E-state index contributed by atoms with van der Waals surface area (Å²) in [5, 5.41) is 7.93. The van der Waals surface area contributed by atoms with Gasteiger partial charge in [0.25, 0.3) is 0 Å². The highest BCUT2D eigenvalue weighted by atomic mass is 32.1. The Hall–Kier alpha value is -0.340. The summed E-state index contributed by atoms with van der Waals surface area (Å²) < 4.78 is 0. The lowest BCUT2D eigenvalue weighted by Gasteiger charge is -2.21. The second-order valence-electron chi connectivity index (χ2n) is 4.92. The van der Waals surface area contributed by atoms with Gasteiger partial charge in [-0.15, -0.1) is 0 Å². The van der Waals surface area contributed by atoms with Gasteiger partial charge in [0.2, 0.25) is 0 Å². The molecule has 1 unspecified atom stereocenters. The summed E-state index contributed by atoms with van der Waals surface area (Å²) in [7, 11) is 0. The molecule has 0 spiro atoms. The van der Waals surface area contributed by atoms with E-state index in [-0.39, 0.29) is 5.54 Å². The lowest BCUT2D eigenvalue weighted by atomic mass is 10.0. The van der Waals surface area contributed by atoms with E-state index in [9.17, 15) is 0 Å². The molecule has 1 N–H and O–H groups in total. The summed E-state index contributed by atoms with van der Waals surface area (Å²) in [5.74, 6) is 0.677. The van der Waals surface area contributed by atoms with E-state index in [2.05, 4.69) is 49.8 Å². The molecule has 0 aliphatic heterocycles. The van der Waals surface area contributed by atoms with E-state index in [0.29, 0.717) is 5.92 Å². The molecule has 1 heterocycles. The Morgan fingerprint density at radius 3 is 2.64 bits per heavy atom. The second kappa shape index (κ2) is 4.94. The van der Waals surface area contributed by atoms with Crippen molar-refractivity contribution >= 4 is 11.3 Å². The fraction of sp³-hybridized carbons (Fsp3) is 0.667. The molecule has 0 fully saturated rings. The van der Waals surface area contributed by atoms with Crippen LogP contribution in [-0.4, -0.2) is 12.1 Å². The molecule has 1 rings (SSSR count). The predicted molar refractivity (Wildman–Crippen MR) is 65.1 cm³/mol. The van der Waals surface area contributed by atoms with Gasteiger partial charge in [-0.25, -0.2) is 0 Å². The lowest BCUT2D eigenvalue weighted by Crippen LogP contribution is -2.36. The number of nitrogens with one attached hydrogen (secondary N) is 1. The molecular weight excluding hydrogens is 190 g/mol. The van der Waals surface area contributed by atoms with Crippen LogP contribution in [0.3, 0.4) is 0 Å². The Balaban J connectivity index is 2.26. The van der Waals surface area contributed by atoms with E-state index in [4.69, 9.17) is 0 Å². The Morgan fingerprint density at radius 1 is 1.43 bits per heavy atom. The first-order valence-corrected chi connectivity index (χ1v) is 6.20. The molecule has 1 aromatic rings. The number of hydrogen-bond acceptors (Lipinski definition) is 2. The SMILES string of the molecule is CC(CCNC(C)(C)C)c1ccsc1. The molecule has 14 heavy (non-hydrogen) atoms. The maximum Gasteiger partial charge on any atom is 0.00965 e. The number of thiophene rings is 1. The predicted octanol–water partition coefficient (Wildman–Crippen LogP) is 3.63. The van der Waals surface area contributed by atoms with Crippen LogP contribution >= 0.6 is 11.3 Å². The summed E-state index contributed by atoms with van der Waals surface area (Å²) in [6.07, 6.45) is 1.22. The van der Waals surface area contributed by atoms with Crippen molar-refractivity contribution in [2.24, 2.45) is 0 Å². The monoisotopic (exact) mass is 211 g/mol. The van der Waals surface area contributed by atoms with Crippen LogP contribution in [0.25, 0.3) is 0 Å². The van der Waals surface area contributed by atoms with Gasteiger partial charge in [0.1, 0.15) is 0 Å². The molecule has 1 nitrogen and oxygen atoms in total. The Kier molecular flexibility index (Phi) is 4.14. The van der Waals surface area contributed by atoms with Gasteiger partial charge in [-0.05, 0) is 62.0 Å². The lowest BCUT2D eigenvalue weighted by molar-refractivity contribution is 0.414. The highest BCUT2D eigenvalue weighted by Crippen LogP contribution is 2.20. The van der Waals surface area contributed by atoms with Gasteiger partial charge in [-0.1, -0.05) is 6.92 Å². The second-order valence-corrected chi connectivity index (χ2v) is 5.70. The molecule has 0 saturated heterocycles. The van der Waals surface area contributed by atoms with Gasteiger partial charge >= 0.3 is 0 Å². The third-order valence-electron chi connectivity index (χ3n) is 2.34. The van der Waals surface area contributed by atoms with Crippen LogP contribution in [0.4, 0.5) is 0 Å². The van der Waals surface area contributed by atoms with Gasteiger partial charge in [0.05, 0.1) is 0 Å². The van der Waals surface area contributed by atoms with Crippen LogP contribution in [0, 0.1) is 0 Å². The molecule has 0 bridgehead atoms. The third kappa shape index (κ3) is 4.25. The largest absolute Gasteiger partial charge is 0.312 e. The van der Waals surface area contributed by atoms with E-state index in [0.717, 1.165) is 6.54 Å². The average Bonchev–Trinajstić information content (AvgIpc) is 2.53. The highest BCUT2D eigenvalue weighted by molar-refractivity contribution is 7.07. The van der Waals surface area contributed by atoms with Crippen molar-refractivity contribution < 1.29 is 0 Å². The smallest absolute Gasteiger partial charge is 0.00965 e. The van der Waals surface area contributed by atoms with Crippen LogP contribution in [-0.2, 0) is 0 Å². The summed E-state index contributed by atoms with van der Waals surface area (Å²) in [6.45, 7) is 10.0. The average molecular weight is 211 g/mol. The zero-order valence-corrected chi connectivity index (χ0v) is 10.4. The highest BCUT2D eigenvalue weighted by Gasteiger charge is 2.10. The van der Waals surface area contributed by atoms with Crippen molar-refractivity contribution in [1.82, 2.24) is 5.32 Å². The summed E-state index contributed by atoms with van der Waals surface area (Å²) in [4.78, 5) is 0. The molecule has 80 valence electrons. The molecule has 1 atom stereocenters. The molecule has 0 saturated carbocycles. The van der Waals surface area contributed by atoms with E-state index in [1.807, 2.05) is 0 Å². The number of rotatable bonds is 4. The first-order chi connectivity index (χ1) is 6.49. The summed E-state index contributed by atoms with van der Waals surface area (Å²) in [5.41, 5.74) is 1.72. The van der Waals surface area contributed by atoms with Crippen LogP contribution in [0.2, 0.25) is 0 Å².